The van der Waals surface area contributed by atoms with E-state index in [1.54, 1.807) is 0 Å². The Morgan fingerprint density at radius 1 is 1.32 bits per heavy atom. The van der Waals surface area contributed by atoms with Gasteiger partial charge < -0.3 is 4.74 Å². The molecule has 2 fully saturated rings. The summed E-state index contributed by atoms with van der Waals surface area (Å²) in [5, 5.41) is 0. The Labute approximate surface area is 115 Å². The SMILES string of the molecule is CC1CCC2C(C)(C)C2(Oc2cccc(C=O)c2)C1. The van der Waals surface area contributed by atoms with Gasteiger partial charge in [-0.2, -0.15) is 0 Å². The van der Waals surface area contributed by atoms with E-state index in [1.807, 2.05) is 24.3 Å². The van der Waals surface area contributed by atoms with E-state index >= 15 is 0 Å². The fourth-order valence-corrected chi connectivity index (χ4v) is 4.10. The van der Waals surface area contributed by atoms with Crippen molar-refractivity contribution in [3.05, 3.63) is 29.8 Å². The predicted molar refractivity (Wildman–Crippen MR) is 75.5 cm³/mol. The average molecular weight is 258 g/mol. The molecule has 0 radical (unpaired) electrons. The molecule has 3 unspecified atom stereocenters. The standard InChI is InChI=1S/C17H22O2/c1-12-7-8-15-16(2,3)17(15,10-12)19-14-6-4-5-13(9-14)11-18/h4-6,9,11-12,15H,7-8,10H2,1-3H3. The summed E-state index contributed by atoms with van der Waals surface area (Å²) in [7, 11) is 0. The van der Waals surface area contributed by atoms with Gasteiger partial charge in [-0.3, -0.25) is 4.79 Å². The van der Waals surface area contributed by atoms with E-state index in [4.69, 9.17) is 4.74 Å². The van der Waals surface area contributed by atoms with Crippen LogP contribution in [0.1, 0.15) is 50.4 Å². The number of fused-ring (bicyclic) bond motifs is 1. The van der Waals surface area contributed by atoms with Crippen LogP contribution >= 0.6 is 0 Å². The van der Waals surface area contributed by atoms with Crippen molar-refractivity contribution >= 4 is 6.29 Å². The molecule has 0 N–H and O–H groups in total. The lowest BCUT2D eigenvalue weighted by atomic mass is 9.88. The van der Waals surface area contributed by atoms with Crippen molar-refractivity contribution in [2.24, 2.45) is 17.3 Å². The second kappa shape index (κ2) is 4.09. The van der Waals surface area contributed by atoms with Gasteiger partial charge in [0.2, 0.25) is 0 Å². The number of benzene rings is 1. The van der Waals surface area contributed by atoms with Crippen LogP contribution in [-0.4, -0.2) is 11.9 Å². The summed E-state index contributed by atoms with van der Waals surface area (Å²) in [6, 6.07) is 7.53. The molecule has 0 aliphatic heterocycles. The van der Waals surface area contributed by atoms with Crippen molar-refractivity contribution in [1.82, 2.24) is 0 Å². The number of rotatable bonds is 3. The van der Waals surface area contributed by atoms with Gasteiger partial charge in [-0.25, -0.2) is 0 Å². The number of carbonyl (C=O) groups excluding carboxylic acids is 1. The Morgan fingerprint density at radius 2 is 2.11 bits per heavy atom. The first-order valence-electron chi connectivity index (χ1n) is 7.24. The third-order valence-corrected chi connectivity index (χ3v) is 5.34. The van der Waals surface area contributed by atoms with Crippen LogP contribution in [0.3, 0.4) is 0 Å². The van der Waals surface area contributed by atoms with Gasteiger partial charge in [0.25, 0.3) is 0 Å². The first-order valence-corrected chi connectivity index (χ1v) is 7.24. The lowest BCUT2D eigenvalue weighted by Gasteiger charge is -2.29. The summed E-state index contributed by atoms with van der Waals surface area (Å²) < 4.78 is 6.39. The molecule has 2 aliphatic carbocycles. The van der Waals surface area contributed by atoms with E-state index in [1.165, 1.54) is 12.8 Å². The number of carbonyl (C=O) groups is 1. The van der Waals surface area contributed by atoms with E-state index in [2.05, 4.69) is 20.8 Å². The molecule has 1 aromatic carbocycles. The van der Waals surface area contributed by atoms with Crippen LogP contribution < -0.4 is 4.74 Å². The number of hydrogen-bond acceptors (Lipinski definition) is 2. The molecule has 3 atom stereocenters. The van der Waals surface area contributed by atoms with Crippen LogP contribution in [0.2, 0.25) is 0 Å². The van der Waals surface area contributed by atoms with Gasteiger partial charge in [-0.1, -0.05) is 39.3 Å². The zero-order chi connectivity index (χ0) is 13.7. The summed E-state index contributed by atoms with van der Waals surface area (Å²) in [5.74, 6) is 2.23. The highest BCUT2D eigenvalue weighted by atomic mass is 16.5. The highest BCUT2D eigenvalue weighted by molar-refractivity contribution is 5.75. The monoisotopic (exact) mass is 258 g/mol. The smallest absolute Gasteiger partial charge is 0.150 e. The maximum Gasteiger partial charge on any atom is 0.150 e. The van der Waals surface area contributed by atoms with E-state index in [0.717, 1.165) is 24.4 Å². The molecule has 0 aromatic heterocycles. The highest BCUT2D eigenvalue weighted by Crippen LogP contribution is 2.70. The molecule has 2 aliphatic rings. The molecular formula is C17H22O2. The van der Waals surface area contributed by atoms with E-state index in [0.29, 0.717) is 11.5 Å². The number of hydrogen-bond donors (Lipinski definition) is 0. The van der Waals surface area contributed by atoms with Crippen LogP contribution in [0, 0.1) is 17.3 Å². The van der Waals surface area contributed by atoms with E-state index in [-0.39, 0.29) is 11.0 Å². The summed E-state index contributed by atoms with van der Waals surface area (Å²) in [5.41, 5.74) is 0.939. The molecule has 2 heteroatoms. The van der Waals surface area contributed by atoms with Crippen LogP contribution in [0.25, 0.3) is 0 Å². The zero-order valence-corrected chi connectivity index (χ0v) is 12.0. The Balaban J connectivity index is 1.87. The molecule has 2 saturated carbocycles. The Morgan fingerprint density at radius 3 is 2.84 bits per heavy atom. The number of ether oxygens (including phenoxy) is 1. The largest absolute Gasteiger partial charge is 0.486 e. The lowest BCUT2D eigenvalue weighted by Crippen LogP contribution is -2.30. The Hall–Kier alpha value is -1.31. The van der Waals surface area contributed by atoms with Gasteiger partial charge in [0.15, 0.2) is 0 Å². The lowest BCUT2D eigenvalue weighted by molar-refractivity contribution is 0.0845. The van der Waals surface area contributed by atoms with Crippen LogP contribution in [0.15, 0.2) is 24.3 Å². The molecule has 0 heterocycles. The molecule has 0 bridgehead atoms. The molecule has 0 saturated heterocycles. The summed E-state index contributed by atoms with van der Waals surface area (Å²) in [6.07, 6.45) is 4.59. The van der Waals surface area contributed by atoms with Gasteiger partial charge in [0.05, 0.1) is 0 Å². The third-order valence-electron chi connectivity index (χ3n) is 5.34. The molecule has 102 valence electrons. The van der Waals surface area contributed by atoms with Gasteiger partial charge >= 0.3 is 0 Å². The van der Waals surface area contributed by atoms with Gasteiger partial charge in [-0.15, -0.1) is 0 Å². The predicted octanol–water partition coefficient (Wildman–Crippen LogP) is 4.09. The van der Waals surface area contributed by atoms with Crippen molar-refractivity contribution in [2.75, 3.05) is 0 Å². The first-order chi connectivity index (χ1) is 8.99. The summed E-state index contributed by atoms with van der Waals surface area (Å²) >= 11 is 0. The van der Waals surface area contributed by atoms with Gasteiger partial charge in [0, 0.05) is 16.9 Å². The summed E-state index contributed by atoms with van der Waals surface area (Å²) in [4.78, 5) is 10.9. The second-order valence-electron chi connectivity index (χ2n) is 6.84. The normalized spacial score (nSPS) is 35.3. The molecule has 1 aromatic rings. The van der Waals surface area contributed by atoms with Crippen LogP contribution in [-0.2, 0) is 0 Å². The fourth-order valence-electron chi connectivity index (χ4n) is 4.10. The minimum absolute atomic E-state index is 0.00776. The molecule has 2 nitrogen and oxygen atoms in total. The van der Waals surface area contributed by atoms with Crippen molar-refractivity contribution in [3.63, 3.8) is 0 Å². The van der Waals surface area contributed by atoms with Crippen LogP contribution in [0.5, 0.6) is 5.75 Å². The molecule has 19 heavy (non-hydrogen) atoms. The first kappa shape index (κ1) is 12.7. The summed E-state index contributed by atoms with van der Waals surface area (Å²) in [6.45, 7) is 6.95. The molecule has 0 amide bonds. The van der Waals surface area contributed by atoms with Crippen molar-refractivity contribution in [2.45, 2.75) is 45.6 Å². The zero-order valence-electron chi connectivity index (χ0n) is 12.0. The minimum Gasteiger partial charge on any atom is -0.486 e. The fraction of sp³-hybridized carbons (Fsp3) is 0.588. The van der Waals surface area contributed by atoms with Crippen molar-refractivity contribution in [1.29, 1.82) is 0 Å². The quantitative estimate of drug-likeness (QED) is 0.763. The van der Waals surface area contributed by atoms with E-state index in [9.17, 15) is 4.79 Å². The van der Waals surface area contributed by atoms with Gasteiger partial charge in [-0.05, 0) is 30.9 Å². The maximum absolute atomic E-state index is 10.9. The van der Waals surface area contributed by atoms with Crippen LogP contribution in [0.4, 0.5) is 0 Å². The maximum atomic E-state index is 10.9. The topological polar surface area (TPSA) is 26.3 Å². The third kappa shape index (κ3) is 1.80. The van der Waals surface area contributed by atoms with Crippen molar-refractivity contribution < 1.29 is 9.53 Å². The second-order valence-corrected chi connectivity index (χ2v) is 6.84. The molecule has 3 rings (SSSR count). The van der Waals surface area contributed by atoms with Gasteiger partial charge in [0.1, 0.15) is 17.6 Å². The van der Waals surface area contributed by atoms with Crippen molar-refractivity contribution in [3.8, 4) is 5.75 Å². The highest BCUT2D eigenvalue weighted by Gasteiger charge is 2.74. The number of aldehydes is 1. The average Bonchev–Trinajstić information content (AvgIpc) is 2.84. The Kier molecular flexibility index (Phi) is 2.74. The van der Waals surface area contributed by atoms with E-state index < -0.39 is 0 Å². The molecular weight excluding hydrogens is 236 g/mol. The molecule has 0 spiro atoms. The Bertz CT molecular complexity index is 506. The minimum atomic E-state index is -0.00776.